The number of aryl methyl sites for hydroxylation is 3. The van der Waals surface area contributed by atoms with Crippen molar-refractivity contribution in [3.05, 3.63) is 88.0 Å². The van der Waals surface area contributed by atoms with E-state index in [1.54, 1.807) is 0 Å². The Bertz CT molecular complexity index is 1650. The summed E-state index contributed by atoms with van der Waals surface area (Å²) in [4.78, 5) is 6.66. The number of nitrogens with zero attached hydrogens (tertiary/aromatic N) is 1. The molecule has 1 aliphatic carbocycles. The summed E-state index contributed by atoms with van der Waals surface area (Å²) in [6.45, 7) is 16.0. The number of fused-ring (bicyclic) bond motifs is 6. The van der Waals surface area contributed by atoms with Gasteiger partial charge in [-0.2, -0.15) is 0 Å². The molecule has 5 aromatic rings. The average molecular weight is 476 g/mol. The van der Waals surface area contributed by atoms with Gasteiger partial charge >= 0.3 is 0 Å². The Morgan fingerprint density at radius 3 is 2.46 bits per heavy atom. The number of hydrogen-bond donors (Lipinski definition) is 0. The van der Waals surface area contributed by atoms with Crippen LogP contribution in [0, 0.1) is 26.7 Å². The van der Waals surface area contributed by atoms with Crippen molar-refractivity contribution in [1.29, 1.82) is 0 Å². The highest BCUT2D eigenvalue weighted by Gasteiger charge is 2.40. The first-order chi connectivity index (χ1) is 16.6. The zero-order valence-corrected chi connectivity index (χ0v) is 22.7. The number of rotatable bonds is 3. The van der Waals surface area contributed by atoms with Gasteiger partial charge in [-0.25, -0.2) is 4.98 Å². The molecule has 2 aromatic heterocycles. The third-order valence-electron chi connectivity index (χ3n) is 7.71. The van der Waals surface area contributed by atoms with E-state index in [9.17, 15) is 0 Å². The topological polar surface area (TPSA) is 12.9 Å². The molecular formula is C33H33NS. The second-order valence-corrected chi connectivity index (χ2v) is 12.4. The summed E-state index contributed by atoms with van der Waals surface area (Å²) in [5, 5.41) is 2.72. The SMILES string of the molecule is Cc1cc(C)c2c(C)cc(-c3cccc4c3-c3sc5ccc(CC(C)C)cc5c3C4(C)C)nc2c1. The Morgan fingerprint density at radius 1 is 0.914 bits per heavy atom. The van der Waals surface area contributed by atoms with Crippen LogP contribution in [0.2, 0.25) is 0 Å². The molecule has 3 aromatic carbocycles. The normalized spacial score (nSPS) is 14.2. The maximum atomic E-state index is 5.23. The van der Waals surface area contributed by atoms with Crippen LogP contribution in [-0.2, 0) is 11.8 Å². The van der Waals surface area contributed by atoms with Gasteiger partial charge in [0.25, 0.3) is 0 Å². The van der Waals surface area contributed by atoms with E-state index in [4.69, 9.17) is 4.98 Å². The largest absolute Gasteiger partial charge is 0.248 e. The fourth-order valence-corrected chi connectivity index (χ4v) is 7.75. The first kappa shape index (κ1) is 22.5. The molecule has 2 heteroatoms. The number of pyridine rings is 1. The van der Waals surface area contributed by atoms with Crippen LogP contribution in [0.5, 0.6) is 0 Å². The van der Waals surface area contributed by atoms with Crippen molar-refractivity contribution in [2.24, 2.45) is 5.92 Å². The highest BCUT2D eigenvalue weighted by Crippen LogP contribution is 2.57. The average Bonchev–Trinajstić information content (AvgIpc) is 3.26. The zero-order valence-electron chi connectivity index (χ0n) is 21.8. The highest BCUT2D eigenvalue weighted by molar-refractivity contribution is 7.22. The van der Waals surface area contributed by atoms with E-state index in [-0.39, 0.29) is 5.41 Å². The molecule has 0 saturated carbocycles. The molecule has 0 radical (unpaired) electrons. The van der Waals surface area contributed by atoms with Gasteiger partial charge in [-0.3, -0.25) is 0 Å². The zero-order chi connectivity index (χ0) is 24.6. The van der Waals surface area contributed by atoms with Gasteiger partial charge in [0.05, 0.1) is 11.2 Å². The summed E-state index contributed by atoms with van der Waals surface area (Å²) in [5.74, 6) is 0.658. The minimum absolute atomic E-state index is 0.0333. The monoisotopic (exact) mass is 475 g/mol. The minimum atomic E-state index is -0.0333. The van der Waals surface area contributed by atoms with E-state index in [0.717, 1.165) is 17.6 Å². The van der Waals surface area contributed by atoms with Gasteiger partial charge in [0.1, 0.15) is 0 Å². The van der Waals surface area contributed by atoms with Gasteiger partial charge in [0.15, 0.2) is 0 Å². The number of thiophene rings is 1. The predicted molar refractivity (Wildman–Crippen MR) is 153 cm³/mol. The van der Waals surface area contributed by atoms with Gasteiger partial charge in [-0.1, -0.05) is 58.0 Å². The first-order valence-corrected chi connectivity index (χ1v) is 13.6. The predicted octanol–water partition coefficient (Wildman–Crippen LogP) is 9.55. The quantitative estimate of drug-likeness (QED) is 0.253. The van der Waals surface area contributed by atoms with Crippen molar-refractivity contribution in [1.82, 2.24) is 4.98 Å². The molecule has 6 rings (SSSR count). The van der Waals surface area contributed by atoms with Crippen molar-refractivity contribution < 1.29 is 0 Å². The molecule has 35 heavy (non-hydrogen) atoms. The summed E-state index contributed by atoms with van der Waals surface area (Å²) >= 11 is 1.95. The first-order valence-electron chi connectivity index (χ1n) is 12.7. The van der Waals surface area contributed by atoms with Crippen LogP contribution in [0.4, 0.5) is 0 Å². The van der Waals surface area contributed by atoms with E-state index in [1.165, 1.54) is 64.9 Å². The molecule has 0 N–H and O–H groups in total. The lowest BCUT2D eigenvalue weighted by Gasteiger charge is -2.22. The fraction of sp³-hybridized carbons (Fsp3) is 0.303. The molecule has 0 fully saturated rings. The van der Waals surface area contributed by atoms with Crippen molar-refractivity contribution in [3.8, 4) is 21.7 Å². The van der Waals surface area contributed by atoms with Crippen molar-refractivity contribution in [3.63, 3.8) is 0 Å². The van der Waals surface area contributed by atoms with E-state index < -0.39 is 0 Å². The molecule has 1 aliphatic rings. The van der Waals surface area contributed by atoms with Crippen LogP contribution in [0.15, 0.2) is 54.6 Å². The summed E-state index contributed by atoms with van der Waals surface area (Å²) in [5.41, 5.74) is 13.0. The van der Waals surface area contributed by atoms with Gasteiger partial charge in [-0.15, -0.1) is 11.3 Å². The van der Waals surface area contributed by atoms with E-state index in [0.29, 0.717) is 5.92 Å². The molecule has 0 aliphatic heterocycles. The van der Waals surface area contributed by atoms with Crippen molar-refractivity contribution in [2.45, 2.75) is 60.3 Å². The summed E-state index contributed by atoms with van der Waals surface area (Å²) < 4.78 is 1.39. The fourth-order valence-electron chi connectivity index (χ4n) is 6.33. The molecule has 0 spiro atoms. The van der Waals surface area contributed by atoms with E-state index >= 15 is 0 Å². The molecule has 0 atom stereocenters. The lowest BCUT2D eigenvalue weighted by atomic mass is 9.81. The molecule has 1 nitrogen and oxygen atoms in total. The summed E-state index contributed by atoms with van der Waals surface area (Å²) in [7, 11) is 0. The molecule has 0 unspecified atom stereocenters. The number of hydrogen-bond acceptors (Lipinski definition) is 2. The standard InChI is InChI=1S/C33H33NS/c1-18(2)13-22-11-12-28-24(17-22)31-32(35-28)30-23(9-8-10-25(30)33(31,6)7)26-16-21(5)29-20(4)14-19(3)15-27(29)34-26/h8-12,14-18H,13H2,1-7H3. The Balaban J connectivity index is 1.62. The minimum Gasteiger partial charge on any atom is -0.248 e. The molecule has 0 bridgehead atoms. The van der Waals surface area contributed by atoms with Crippen LogP contribution in [-0.4, -0.2) is 4.98 Å². The van der Waals surface area contributed by atoms with Crippen LogP contribution in [0.3, 0.4) is 0 Å². The maximum absolute atomic E-state index is 5.23. The Hall–Kier alpha value is -2.97. The Morgan fingerprint density at radius 2 is 1.69 bits per heavy atom. The maximum Gasteiger partial charge on any atom is 0.0719 e. The number of benzene rings is 3. The lowest BCUT2D eigenvalue weighted by molar-refractivity contribution is 0.647. The van der Waals surface area contributed by atoms with Gasteiger partial charge in [0, 0.05) is 31.5 Å². The van der Waals surface area contributed by atoms with Crippen molar-refractivity contribution >= 4 is 32.3 Å². The third-order valence-corrected chi connectivity index (χ3v) is 8.90. The lowest BCUT2D eigenvalue weighted by Crippen LogP contribution is -2.15. The third kappa shape index (κ3) is 3.37. The van der Waals surface area contributed by atoms with Gasteiger partial charge in [0.2, 0.25) is 0 Å². The van der Waals surface area contributed by atoms with Crippen LogP contribution >= 0.6 is 11.3 Å². The highest BCUT2D eigenvalue weighted by atomic mass is 32.1. The van der Waals surface area contributed by atoms with Gasteiger partial charge < -0.3 is 0 Å². The number of aromatic nitrogens is 1. The van der Waals surface area contributed by atoms with E-state index in [2.05, 4.69) is 103 Å². The second-order valence-electron chi connectivity index (χ2n) is 11.4. The van der Waals surface area contributed by atoms with Crippen LogP contribution in [0.1, 0.15) is 61.1 Å². The summed E-state index contributed by atoms with van der Waals surface area (Å²) in [6.07, 6.45) is 1.12. The molecule has 0 saturated heterocycles. The molecular weight excluding hydrogens is 442 g/mol. The molecule has 0 amide bonds. The second kappa shape index (κ2) is 7.77. The summed E-state index contributed by atoms with van der Waals surface area (Å²) in [6, 6.07) is 20.7. The molecule has 176 valence electrons. The van der Waals surface area contributed by atoms with Crippen molar-refractivity contribution in [2.75, 3.05) is 0 Å². The Kier molecular flexibility index (Phi) is 4.99. The Labute approximate surface area is 212 Å². The van der Waals surface area contributed by atoms with Crippen LogP contribution in [0.25, 0.3) is 42.7 Å². The molecule has 2 heterocycles. The van der Waals surface area contributed by atoms with Gasteiger partial charge in [-0.05, 0) is 96.1 Å². The van der Waals surface area contributed by atoms with Crippen LogP contribution < -0.4 is 0 Å². The van der Waals surface area contributed by atoms with E-state index in [1.807, 2.05) is 11.3 Å². The smallest absolute Gasteiger partial charge is 0.0719 e.